The third-order valence-electron chi connectivity index (χ3n) is 2.26. The van der Waals surface area contributed by atoms with Gasteiger partial charge >= 0.3 is 92.1 Å². The van der Waals surface area contributed by atoms with Crippen molar-refractivity contribution in [2.24, 2.45) is 0 Å². The van der Waals surface area contributed by atoms with Crippen LogP contribution >= 0.6 is 0 Å². The molecular formula is C12H7NOSe. The van der Waals surface area contributed by atoms with E-state index in [9.17, 15) is 4.79 Å². The predicted molar refractivity (Wildman–Crippen MR) is 61.6 cm³/mol. The normalized spacial score (nSPS) is 10.9. The van der Waals surface area contributed by atoms with Gasteiger partial charge in [0.1, 0.15) is 0 Å². The van der Waals surface area contributed by atoms with Gasteiger partial charge in [-0.1, -0.05) is 0 Å². The van der Waals surface area contributed by atoms with Crippen molar-refractivity contribution in [3.8, 4) is 10.1 Å². The van der Waals surface area contributed by atoms with Crippen molar-refractivity contribution < 1.29 is 0 Å². The average molecular weight is 260 g/mol. The van der Waals surface area contributed by atoms with Crippen molar-refractivity contribution in [2.45, 2.75) is 0 Å². The van der Waals surface area contributed by atoms with Crippen LogP contribution in [0.2, 0.25) is 0 Å². The maximum atomic E-state index is 11.2. The fourth-order valence-corrected chi connectivity index (χ4v) is 3.64. The Balaban J connectivity index is 2.49. The number of hydrogen-bond donors (Lipinski definition) is 0. The molecular weight excluding hydrogens is 253 g/mol. The van der Waals surface area contributed by atoms with Gasteiger partial charge in [-0.05, 0) is 0 Å². The van der Waals surface area contributed by atoms with Crippen molar-refractivity contribution in [1.82, 2.24) is 4.98 Å². The molecule has 3 rings (SSSR count). The summed E-state index contributed by atoms with van der Waals surface area (Å²) in [5.41, 5.74) is 2.07. The number of benzene rings is 2. The summed E-state index contributed by atoms with van der Waals surface area (Å²) < 4.78 is 2.34. The molecule has 0 unspecified atom stereocenters. The van der Waals surface area contributed by atoms with Crippen molar-refractivity contribution in [3.63, 3.8) is 0 Å². The molecule has 1 aromatic rings. The first-order valence-electron chi connectivity index (χ1n) is 4.62. The Hall–Kier alpha value is -1.44. The van der Waals surface area contributed by atoms with Crippen LogP contribution in [0.4, 0.5) is 0 Å². The summed E-state index contributed by atoms with van der Waals surface area (Å²) in [5, 5.41) is 0. The number of nitrogens with zero attached hydrogens (tertiary/aromatic N) is 1. The van der Waals surface area contributed by atoms with Gasteiger partial charge in [0, 0.05) is 0 Å². The van der Waals surface area contributed by atoms with Crippen LogP contribution < -0.4 is 5.43 Å². The molecule has 0 saturated carbocycles. The number of hydrogen-bond acceptors (Lipinski definition) is 2. The van der Waals surface area contributed by atoms with E-state index in [-0.39, 0.29) is 19.9 Å². The molecule has 2 nitrogen and oxygen atoms in total. The minimum atomic E-state index is 0.0743. The molecule has 0 N–H and O–H groups in total. The molecule has 0 atom stereocenters. The number of rotatable bonds is 0. The monoisotopic (exact) mass is 261 g/mol. The Morgan fingerprint density at radius 2 is 1.93 bits per heavy atom. The quantitative estimate of drug-likeness (QED) is 0.455. The van der Waals surface area contributed by atoms with Gasteiger partial charge < -0.3 is 0 Å². The number of para-hydroxylation sites is 1. The van der Waals surface area contributed by atoms with E-state index in [1.165, 1.54) is 4.26 Å². The first-order chi connectivity index (χ1) is 7.33. The molecule has 0 spiro atoms. The Kier molecular flexibility index (Phi) is 1.94. The van der Waals surface area contributed by atoms with Crippen molar-refractivity contribution in [2.75, 3.05) is 0 Å². The van der Waals surface area contributed by atoms with Gasteiger partial charge in [0.05, 0.1) is 0 Å². The molecule has 0 bridgehead atoms. The summed E-state index contributed by atoms with van der Waals surface area (Å²) in [4.78, 5) is 15.7. The molecule has 15 heavy (non-hydrogen) atoms. The maximum absolute atomic E-state index is 11.2. The molecule has 1 heterocycles. The predicted octanol–water partition coefficient (Wildman–Crippen LogP) is 1.76. The zero-order valence-electron chi connectivity index (χ0n) is 7.81. The molecule has 3 heteroatoms. The van der Waals surface area contributed by atoms with Crippen LogP contribution in [0, 0.1) is 0 Å². The number of aromatic nitrogens is 1. The molecule has 0 radical (unpaired) electrons. The summed E-state index contributed by atoms with van der Waals surface area (Å²) >= 11 is 0.216. The second-order valence-electron chi connectivity index (χ2n) is 3.31. The topological polar surface area (TPSA) is 30.0 Å². The average Bonchev–Trinajstić information content (AvgIpc) is 2.26. The van der Waals surface area contributed by atoms with Gasteiger partial charge in [0.15, 0.2) is 0 Å². The van der Waals surface area contributed by atoms with Crippen molar-refractivity contribution in [1.29, 1.82) is 0 Å². The summed E-state index contributed by atoms with van der Waals surface area (Å²) in [6.45, 7) is 0. The van der Waals surface area contributed by atoms with E-state index in [0.29, 0.717) is 0 Å². The standard InChI is InChI=1S/C12H7NOSe/c14-8-5-6-10-12(7-8)15-11-4-2-1-3-9(11)13-10/h1-7H. The summed E-state index contributed by atoms with van der Waals surface area (Å²) in [5.74, 6) is 0. The fraction of sp³-hybridized carbons (Fsp3) is 0. The molecule has 0 amide bonds. The van der Waals surface area contributed by atoms with Gasteiger partial charge in [-0.2, -0.15) is 0 Å². The number of fused-ring (bicyclic) bond motifs is 2. The van der Waals surface area contributed by atoms with E-state index >= 15 is 0 Å². The van der Waals surface area contributed by atoms with Gasteiger partial charge in [0.2, 0.25) is 0 Å². The van der Waals surface area contributed by atoms with Crippen LogP contribution in [0.3, 0.4) is 0 Å². The fourth-order valence-electron chi connectivity index (χ4n) is 1.55. The molecule has 72 valence electrons. The second-order valence-corrected chi connectivity index (χ2v) is 5.58. The van der Waals surface area contributed by atoms with Crippen LogP contribution in [0.5, 0.6) is 0 Å². The first kappa shape index (κ1) is 8.83. The van der Waals surface area contributed by atoms with Crippen molar-refractivity contribution >= 4 is 24.3 Å². The molecule has 1 aromatic carbocycles. The molecule has 2 aliphatic rings. The van der Waals surface area contributed by atoms with Gasteiger partial charge in [-0.15, -0.1) is 0 Å². The van der Waals surface area contributed by atoms with E-state index in [0.717, 1.165) is 15.6 Å². The zero-order valence-corrected chi connectivity index (χ0v) is 9.52. The van der Waals surface area contributed by atoms with E-state index in [2.05, 4.69) is 11.1 Å². The summed E-state index contributed by atoms with van der Waals surface area (Å²) in [6.07, 6.45) is 0. The molecule has 0 fully saturated rings. The van der Waals surface area contributed by atoms with Gasteiger partial charge in [0.25, 0.3) is 0 Å². The minimum absolute atomic E-state index is 0.0743. The Labute approximate surface area is 92.3 Å². The SMILES string of the molecule is O=c1ccc2nc3ccccc3[se]c-2c1. The van der Waals surface area contributed by atoms with Crippen LogP contribution in [-0.2, 0) is 0 Å². The van der Waals surface area contributed by atoms with Gasteiger partial charge in [-0.3, -0.25) is 0 Å². The van der Waals surface area contributed by atoms with E-state index < -0.39 is 0 Å². The van der Waals surface area contributed by atoms with Crippen LogP contribution in [-0.4, -0.2) is 19.5 Å². The Morgan fingerprint density at radius 3 is 2.87 bits per heavy atom. The van der Waals surface area contributed by atoms with Crippen LogP contribution in [0.15, 0.2) is 47.3 Å². The third kappa shape index (κ3) is 1.50. The van der Waals surface area contributed by atoms with Crippen LogP contribution in [0.1, 0.15) is 0 Å². The van der Waals surface area contributed by atoms with Crippen LogP contribution in [0.25, 0.3) is 19.9 Å². The zero-order chi connectivity index (χ0) is 10.3. The molecule has 1 aliphatic heterocycles. The third-order valence-corrected chi connectivity index (χ3v) is 4.59. The second kappa shape index (κ2) is 3.30. The van der Waals surface area contributed by atoms with E-state index in [1.807, 2.05) is 24.3 Å². The van der Waals surface area contributed by atoms with Gasteiger partial charge in [-0.25, -0.2) is 0 Å². The molecule has 0 saturated heterocycles. The van der Waals surface area contributed by atoms with Crippen molar-refractivity contribution in [3.05, 3.63) is 52.7 Å². The Bertz CT molecular complexity index is 659. The summed E-state index contributed by atoms with van der Waals surface area (Å²) in [6, 6.07) is 13.2. The Morgan fingerprint density at radius 1 is 1.07 bits per heavy atom. The van der Waals surface area contributed by atoms with E-state index in [1.54, 1.807) is 12.1 Å². The van der Waals surface area contributed by atoms with E-state index in [4.69, 9.17) is 0 Å². The first-order valence-corrected chi connectivity index (χ1v) is 6.34. The molecule has 0 aromatic heterocycles. The molecule has 1 aliphatic carbocycles. The summed E-state index contributed by atoms with van der Waals surface area (Å²) in [7, 11) is 0.